The van der Waals surface area contributed by atoms with Gasteiger partial charge in [0.25, 0.3) is 5.91 Å². The maximum absolute atomic E-state index is 12.8. The van der Waals surface area contributed by atoms with Gasteiger partial charge in [-0.05, 0) is 66.7 Å². The lowest BCUT2D eigenvalue weighted by atomic mass is 10.2. The fourth-order valence-electron chi connectivity index (χ4n) is 2.86. The van der Waals surface area contributed by atoms with Crippen LogP contribution in [0.5, 0.6) is 5.75 Å². The van der Waals surface area contributed by atoms with Crippen LogP contribution in [0.3, 0.4) is 0 Å². The number of carbonyl (C=O) groups excluding carboxylic acids is 1. The van der Waals surface area contributed by atoms with Gasteiger partial charge >= 0.3 is 0 Å². The highest BCUT2D eigenvalue weighted by molar-refractivity contribution is 6.42. The Labute approximate surface area is 193 Å². The first-order chi connectivity index (χ1) is 14.9. The Morgan fingerprint density at radius 1 is 0.935 bits per heavy atom. The molecule has 156 valence electrons. The van der Waals surface area contributed by atoms with E-state index in [0.29, 0.717) is 38.0 Å². The smallest absolute Gasteiger partial charge is 0.295 e. The van der Waals surface area contributed by atoms with Gasteiger partial charge in [-0.2, -0.15) is 0 Å². The van der Waals surface area contributed by atoms with E-state index >= 15 is 0 Å². The van der Waals surface area contributed by atoms with Crippen molar-refractivity contribution in [2.75, 3.05) is 12.4 Å². The monoisotopic (exact) mass is 472 g/mol. The SMILES string of the molecule is COc1ccc(-n2nc(C(=O)Nc3ccc(Cl)c(Cl)c3)nc2-c2ccc(Cl)cc2)cc1. The summed E-state index contributed by atoms with van der Waals surface area (Å²) in [6, 6.07) is 19.2. The summed E-state index contributed by atoms with van der Waals surface area (Å²) in [4.78, 5) is 17.3. The summed E-state index contributed by atoms with van der Waals surface area (Å²) in [5.41, 5.74) is 1.95. The number of hydrogen-bond donors (Lipinski definition) is 1. The first-order valence-electron chi connectivity index (χ1n) is 9.08. The summed E-state index contributed by atoms with van der Waals surface area (Å²) in [6.07, 6.45) is 0. The Hall–Kier alpha value is -3.06. The van der Waals surface area contributed by atoms with Crippen molar-refractivity contribution in [2.24, 2.45) is 0 Å². The third-order valence-electron chi connectivity index (χ3n) is 4.41. The van der Waals surface area contributed by atoms with Gasteiger partial charge < -0.3 is 10.1 Å². The molecule has 9 heteroatoms. The molecular formula is C22H15Cl3N4O2. The Bertz CT molecular complexity index is 1240. The minimum atomic E-state index is -0.485. The van der Waals surface area contributed by atoms with Crippen LogP contribution in [-0.4, -0.2) is 27.8 Å². The first kappa shape index (κ1) is 21.2. The molecule has 3 aromatic carbocycles. The zero-order valence-electron chi connectivity index (χ0n) is 16.1. The number of halogens is 3. The van der Waals surface area contributed by atoms with Gasteiger partial charge in [0.2, 0.25) is 5.82 Å². The van der Waals surface area contributed by atoms with E-state index in [-0.39, 0.29) is 5.82 Å². The lowest BCUT2D eigenvalue weighted by Gasteiger charge is -2.07. The summed E-state index contributed by atoms with van der Waals surface area (Å²) in [5.74, 6) is 0.698. The van der Waals surface area contributed by atoms with Gasteiger partial charge in [0.05, 0.1) is 22.8 Å². The normalized spacial score (nSPS) is 10.7. The van der Waals surface area contributed by atoms with Crippen LogP contribution < -0.4 is 10.1 Å². The highest BCUT2D eigenvalue weighted by atomic mass is 35.5. The van der Waals surface area contributed by atoms with Crippen molar-refractivity contribution < 1.29 is 9.53 Å². The molecule has 6 nitrogen and oxygen atoms in total. The van der Waals surface area contributed by atoms with E-state index in [1.54, 1.807) is 54.3 Å². The zero-order chi connectivity index (χ0) is 22.0. The molecule has 31 heavy (non-hydrogen) atoms. The molecule has 0 saturated carbocycles. The number of rotatable bonds is 5. The van der Waals surface area contributed by atoms with Crippen LogP contribution in [-0.2, 0) is 0 Å². The molecule has 0 atom stereocenters. The maximum atomic E-state index is 12.8. The van der Waals surface area contributed by atoms with E-state index < -0.39 is 5.91 Å². The second-order valence-corrected chi connectivity index (χ2v) is 7.71. The standard InChI is InChI=1S/C22H15Cl3N4O2/c1-31-17-9-7-16(8-10-17)29-21(13-2-4-14(23)5-3-13)27-20(28-29)22(30)26-15-6-11-18(24)19(25)12-15/h2-12H,1H3,(H,26,30). The Balaban J connectivity index is 1.73. The fraction of sp³-hybridized carbons (Fsp3) is 0.0455. The molecule has 0 unspecified atom stereocenters. The van der Waals surface area contributed by atoms with E-state index in [0.717, 1.165) is 5.56 Å². The molecule has 0 aliphatic rings. The number of amides is 1. The van der Waals surface area contributed by atoms with Gasteiger partial charge in [-0.3, -0.25) is 4.79 Å². The molecule has 1 N–H and O–H groups in total. The summed E-state index contributed by atoms with van der Waals surface area (Å²) in [6.45, 7) is 0. The van der Waals surface area contributed by atoms with Crippen LogP contribution in [0.1, 0.15) is 10.6 Å². The molecule has 0 saturated heterocycles. The lowest BCUT2D eigenvalue weighted by Crippen LogP contribution is -2.14. The van der Waals surface area contributed by atoms with Crippen LogP contribution in [0, 0.1) is 0 Å². The molecule has 4 aromatic rings. The minimum Gasteiger partial charge on any atom is -0.497 e. The average Bonchev–Trinajstić information content (AvgIpc) is 3.22. The number of methoxy groups -OCH3 is 1. The minimum absolute atomic E-state index is 0.00756. The second kappa shape index (κ2) is 8.98. The lowest BCUT2D eigenvalue weighted by molar-refractivity contribution is 0.101. The molecule has 4 rings (SSSR count). The van der Waals surface area contributed by atoms with Crippen LogP contribution in [0.2, 0.25) is 15.1 Å². The van der Waals surface area contributed by atoms with Crippen molar-refractivity contribution >= 4 is 46.4 Å². The molecule has 0 aliphatic heterocycles. The molecule has 0 spiro atoms. The van der Waals surface area contributed by atoms with Crippen molar-refractivity contribution in [2.45, 2.75) is 0 Å². The predicted molar refractivity (Wildman–Crippen MR) is 123 cm³/mol. The molecule has 1 aromatic heterocycles. The topological polar surface area (TPSA) is 69.0 Å². The van der Waals surface area contributed by atoms with Crippen LogP contribution in [0.15, 0.2) is 66.7 Å². The van der Waals surface area contributed by atoms with Crippen molar-refractivity contribution in [1.29, 1.82) is 0 Å². The zero-order valence-corrected chi connectivity index (χ0v) is 18.4. The quantitative estimate of drug-likeness (QED) is 0.377. The van der Waals surface area contributed by atoms with E-state index in [1.807, 2.05) is 24.3 Å². The Morgan fingerprint density at radius 3 is 2.29 bits per heavy atom. The molecule has 0 fully saturated rings. The van der Waals surface area contributed by atoms with Crippen molar-refractivity contribution in [3.05, 3.63) is 87.6 Å². The van der Waals surface area contributed by atoms with E-state index in [9.17, 15) is 4.79 Å². The fourth-order valence-corrected chi connectivity index (χ4v) is 3.28. The number of nitrogens with zero attached hydrogens (tertiary/aromatic N) is 3. The molecule has 1 heterocycles. The van der Waals surface area contributed by atoms with Crippen LogP contribution >= 0.6 is 34.8 Å². The number of ether oxygens (including phenoxy) is 1. The van der Waals surface area contributed by atoms with Gasteiger partial charge in [0.1, 0.15) is 5.75 Å². The highest BCUT2D eigenvalue weighted by Gasteiger charge is 2.19. The summed E-state index contributed by atoms with van der Waals surface area (Å²) in [5, 5.41) is 8.49. The van der Waals surface area contributed by atoms with Gasteiger partial charge in [0.15, 0.2) is 5.82 Å². The first-order valence-corrected chi connectivity index (χ1v) is 10.2. The Morgan fingerprint density at radius 2 is 1.65 bits per heavy atom. The average molecular weight is 474 g/mol. The van der Waals surface area contributed by atoms with Crippen molar-refractivity contribution in [1.82, 2.24) is 14.8 Å². The van der Waals surface area contributed by atoms with Gasteiger partial charge in [-0.1, -0.05) is 34.8 Å². The summed E-state index contributed by atoms with van der Waals surface area (Å²) >= 11 is 18.0. The molecule has 1 amide bonds. The number of anilines is 1. The number of hydrogen-bond acceptors (Lipinski definition) is 4. The summed E-state index contributed by atoms with van der Waals surface area (Å²) in [7, 11) is 1.59. The molecule has 0 radical (unpaired) electrons. The largest absolute Gasteiger partial charge is 0.497 e. The van der Waals surface area contributed by atoms with Crippen molar-refractivity contribution in [3.8, 4) is 22.8 Å². The van der Waals surface area contributed by atoms with E-state index in [4.69, 9.17) is 39.5 Å². The summed E-state index contributed by atoms with van der Waals surface area (Å²) < 4.78 is 6.81. The molecule has 0 aliphatic carbocycles. The number of nitrogens with one attached hydrogen (secondary N) is 1. The van der Waals surface area contributed by atoms with E-state index in [1.165, 1.54) is 0 Å². The second-order valence-electron chi connectivity index (χ2n) is 6.46. The Kier molecular flexibility index (Phi) is 6.13. The van der Waals surface area contributed by atoms with Gasteiger partial charge in [-0.25, -0.2) is 9.67 Å². The van der Waals surface area contributed by atoms with Gasteiger partial charge in [-0.15, -0.1) is 5.10 Å². The molecular weight excluding hydrogens is 459 g/mol. The third kappa shape index (κ3) is 4.66. The van der Waals surface area contributed by atoms with Crippen LogP contribution in [0.25, 0.3) is 17.1 Å². The maximum Gasteiger partial charge on any atom is 0.295 e. The molecule has 0 bridgehead atoms. The number of carbonyl (C=O) groups is 1. The van der Waals surface area contributed by atoms with Crippen molar-refractivity contribution in [3.63, 3.8) is 0 Å². The number of benzene rings is 3. The van der Waals surface area contributed by atoms with Crippen LogP contribution in [0.4, 0.5) is 5.69 Å². The van der Waals surface area contributed by atoms with Gasteiger partial charge in [0, 0.05) is 16.3 Å². The third-order valence-corrected chi connectivity index (χ3v) is 5.40. The highest BCUT2D eigenvalue weighted by Crippen LogP contribution is 2.27. The van der Waals surface area contributed by atoms with E-state index in [2.05, 4.69) is 15.4 Å². The predicted octanol–water partition coefficient (Wildman–Crippen LogP) is 6.16. The number of aromatic nitrogens is 3.